The molecule has 44 heavy (non-hydrogen) atoms. The van der Waals surface area contributed by atoms with Gasteiger partial charge in [-0.15, -0.1) is 0 Å². The molecule has 0 aliphatic heterocycles. The smallest absolute Gasteiger partial charge is 0.184 e. The lowest BCUT2D eigenvalue weighted by atomic mass is 9.64. The Bertz CT molecular complexity index is 1730. The number of carbonyl (C=O) groups is 3. The molecule has 1 N–H and O–H groups in total. The van der Waals surface area contributed by atoms with E-state index in [0.717, 1.165) is 29.2 Å². The van der Waals surface area contributed by atoms with Crippen LogP contribution in [0.4, 0.5) is 4.39 Å². The quantitative estimate of drug-likeness (QED) is 0.267. The number of halogens is 1. The van der Waals surface area contributed by atoms with Gasteiger partial charge in [-0.2, -0.15) is 0 Å². The molecule has 2 saturated carbocycles. The highest BCUT2D eigenvalue weighted by Gasteiger charge is 2.53. The minimum atomic E-state index is -0.501. The lowest BCUT2D eigenvalue weighted by Crippen LogP contribution is -2.40. The summed E-state index contributed by atoms with van der Waals surface area (Å²) in [7, 11) is 0. The number of carbonyl (C=O) groups excluding carboxylic acids is 3. The Hall–Kier alpha value is -3.80. The van der Waals surface area contributed by atoms with E-state index in [4.69, 9.17) is 5.41 Å². The molecule has 1 aromatic heterocycles. The first-order valence-electron chi connectivity index (χ1n) is 15.9. The number of allylic oxidation sites excluding steroid dienone is 1. The first kappa shape index (κ1) is 30.2. The number of aryl methyl sites for hydroxylation is 1. The van der Waals surface area contributed by atoms with Crippen molar-refractivity contribution in [2.24, 2.45) is 40.9 Å². The number of ketones is 3. The molecular formula is C38H41FN2O3. The van der Waals surface area contributed by atoms with Gasteiger partial charge >= 0.3 is 0 Å². The van der Waals surface area contributed by atoms with E-state index in [1.807, 2.05) is 45.9 Å². The van der Waals surface area contributed by atoms with Crippen LogP contribution in [0.1, 0.15) is 87.0 Å². The Kier molecular flexibility index (Phi) is 7.75. The average Bonchev–Trinajstić information content (AvgIpc) is 3.40. The first-order chi connectivity index (χ1) is 20.8. The normalized spacial score (nSPS) is 25.1. The Balaban J connectivity index is 1.16. The van der Waals surface area contributed by atoms with E-state index in [2.05, 4.69) is 18.0 Å². The number of hydrogen-bond donors (Lipinski definition) is 1. The van der Waals surface area contributed by atoms with E-state index in [9.17, 15) is 18.8 Å². The molecule has 6 heteroatoms. The highest BCUT2D eigenvalue weighted by Crippen LogP contribution is 2.55. The topological polar surface area (TPSA) is 88.0 Å². The van der Waals surface area contributed by atoms with Crippen molar-refractivity contribution in [2.75, 3.05) is 0 Å². The van der Waals surface area contributed by atoms with Crippen LogP contribution < -0.4 is 0 Å². The molecule has 228 valence electrons. The third-order valence-corrected chi connectivity index (χ3v) is 10.8. The minimum Gasteiger partial charge on any atom is -0.299 e. The largest absolute Gasteiger partial charge is 0.299 e. The molecule has 0 amide bonds. The number of nitrogens with zero attached hydrogens (tertiary/aromatic N) is 1. The number of benzene rings is 2. The second-order valence-corrected chi connectivity index (χ2v) is 14.4. The predicted octanol–water partition coefficient (Wildman–Crippen LogP) is 8.21. The fourth-order valence-electron chi connectivity index (χ4n) is 8.37. The molecule has 2 bridgehead atoms. The van der Waals surface area contributed by atoms with Crippen molar-refractivity contribution in [1.82, 2.24) is 4.98 Å². The standard InChI is InChI=1S/C38H41FN2O3/c1-20-9-10-22-17-32(41-19-24(22)15-20)37(44)28-18-27-21(2)25(28)11-12-26(27)36(43)30(38(3,4)5)13-14-33(42)29-16-23-7-6-8-31(39)34(23)35(29)40/h6-10,15-17,19,21,25-28,30,40H,11-14,18H2,1-5H3. The maximum atomic E-state index is 14.4. The SMILES string of the molecule is Cc1ccc2cc(C(=O)C3CC4C(C(=O)C(CCC(=O)C5=Cc6cccc(F)c6C5=N)C(C)(C)C)CCC3C4C)ncc2c1. The Morgan fingerprint density at radius 1 is 1.02 bits per heavy atom. The molecule has 2 fully saturated rings. The van der Waals surface area contributed by atoms with Crippen LogP contribution in [0.15, 0.2) is 54.2 Å². The minimum absolute atomic E-state index is 0.0773. The molecule has 2 aromatic carbocycles. The Morgan fingerprint density at radius 2 is 1.80 bits per heavy atom. The molecule has 3 aromatic rings. The first-order valence-corrected chi connectivity index (χ1v) is 15.9. The summed E-state index contributed by atoms with van der Waals surface area (Å²) >= 11 is 0. The van der Waals surface area contributed by atoms with Gasteiger partial charge in [0.2, 0.25) is 0 Å². The van der Waals surface area contributed by atoms with E-state index in [-0.39, 0.29) is 81.5 Å². The summed E-state index contributed by atoms with van der Waals surface area (Å²) in [5, 5.41) is 10.5. The van der Waals surface area contributed by atoms with Crippen LogP contribution in [0.3, 0.4) is 0 Å². The fraction of sp³-hybridized carbons (Fsp3) is 0.447. The summed E-state index contributed by atoms with van der Waals surface area (Å²) in [6.45, 7) is 10.4. The van der Waals surface area contributed by atoms with Crippen molar-refractivity contribution >= 4 is 39.9 Å². The van der Waals surface area contributed by atoms with Gasteiger partial charge in [0.25, 0.3) is 0 Å². The second kappa shape index (κ2) is 11.3. The average molecular weight is 593 g/mol. The van der Waals surface area contributed by atoms with Gasteiger partial charge in [-0.3, -0.25) is 24.8 Å². The van der Waals surface area contributed by atoms with Crippen molar-refractivity contribution < 1.29 is 18.8 Å². The van der Waals surface area contributed by atoms with Gasteiger partial charge in [0.1, 0.15) is 17.3 Å². The van der Waals surface area contributed by atoms with E-state index >= 15 is 0 Å². The number of pyridine rings is 1. The zero-order valence-corrected chi connectivity index (χ0v) is 26.2. The van der Waals surface area contributed by atoms with Crippen LogP contribution in [0.2, 0.25) is 0 Å². The van der Waals surface area contributed by atoms with Gasteiger partial charge in [-0.1, -0.05) is 57.5 Å². The third kappa shape index (κ3) is 5.27. The van der Waals surface area contributed by atoms with E-state index in [0.29, 0.717) is 24.1 Å². The Labute approximate surface area is 258 Å². The summed E-state index contributed by atoms with van der Waals surface area (Å²) in [5.74, 6) is -0.446. The number of rotatable bonds is 8. The van der Waals surface area contributed by atoms with Crippen LogP contribution in [-0.4, -0.2) is 28.0 Å². The van der Waals surface area contributed by atoms with Crippen LogP contribution in [-0.2, 0) is 9.59 Å². The van der Waals surface area contributed by atoms with Crippen molar-refractivity contribution in [1.29, 1.82) is 5.41 Å². The second-order valence-electron chi connectivity index (χ2n) is 14.4. The van der Waals surface area contributed by atoms with Crippen molar-refractivity contribution in [3.63, 3.8) is 0 Å². The van der Waals surface area contributed by atoms with E-state index in [1.54, 1.807) is 24.4 Å². The maximum Gasteiger partial charge on any atom is 0.184 e. The molecular weight excluding hydrogens is 551 g/mol. The molecule has 3 aliphatic rings. The van der Waals surface area contributed by atoms with Gasteiger partial charge < -0.3 is 0 Å². The highest BCUT2D eigenvalue weighted by atomic mass is 19.1. The van der Waals surface area contributed by atoms with Crippen LogP contribution >= 0.6 is 0 Å². The Morgan fingerprint density at radius 3 is 2.52 bits per heavy atom. The molecule has 5 nitrogen and oxygen atoms in total. The molecule has 0 radical (unpaired) electrons. The number of hydrogen-bond acceptors (Lipinski definition) is 5. The predicted molar refractivity (Wildman–Crippen MR) is 171 cm³/mol. The van der Waals surface area contributed by atoms with Crippen molar-refractivity contribution in [2.45, 2.75) is 66.7 Å². The lowest BCUT2D eigenvalue weighted by Gasteiger charge is -2.39. The molecule has 0 saturated heterocycles. The zero-order valence-electron chi connectivity index (χ0n) is 26.2. The van der Waals surface area contributed by atoms with Crippen molar-refractivity contribution in [3.8, 4) is 0 Å². The van der Waals surface area contributed by atoms with E-state index < -0.39 is 5.82 Å². The third-order valence-electron chi connectivity index (χ3n) is 10.8. The molecule has 6 unspecified atom stereocenters. The van der Waals surface area contributed by atoms with Gasteiger partial charge in [-0.05, 0) is 91.0 Å². The lowest BCUT2D eigenvalue weighted by molar-refractivity contribution is -0.134. The molecule has 6 atom stereocenters. The van der Waals surface area contributed by atoms with Crippen molar-refractivity contribution in [3.05, 3.63) is 82.4 Å². The monoisotopic (exact) mass is 592 g/mol. The molecule has 0 spiro atoms. The maximum absolute atomic E-state index is 14.4. The van der Waals surface area contributed by atoms with E-state index in [1.165, 1.54) is 6.07 Å². The number of aromatic nitrogens is 1. The number of fused-ring (bicyclic) bond motifs is 4. The number of nitrogens with one attached hydrogen (secondary N) is 1. The summed E-state index contributed by atoms with van der Waals surface area (Å²) < 4.78 is 14.4. The summed E-state index contributed by atoms with van der Waals surface area (Å²) in [5.41, 5.74) is 2.16. The molecule has 3 aliphatic carbocycles. The summed E-state index contributed by atoms with van der Waals surface area (Å²) in [6, 6.07) is 12.7. The van der Waals surface area contributed by atoms with Gasteiger partial charge in [0.05, 0.1) is 5.71 Å². The summed E-state index contributed by atoms with van der Waals surface area (Å²) in [4.78, 5) is 46.0. The van der Waals surface area contributed by atoms with Crippen LogP contribution in [0.25, 0.3) is 16.8 Å². The zero-order chi connectivity index (χ0) is 31.5. The molecule has 6 rings (SSSR count). The molecule has 1 heterocycles. The fourth-order valence-corrected chi connectivity index (χ4v) is 8.37. The highest BCUT2D eigenvalue weighted by molar-refractivity contribution is 6.34. The van der Waals surface area contributed by atoms with Crippen LogP contribution in [0.5, 0.6) is 0 Å². The van der Waals surface area contributed by atoms with Gasteiger partial charge in [0.15, 0.2) is 11.6 Å². The number of Topliss-reactive ketones (excluding diaryl/α,β-unsaturated/α-hetero) is 3. The van der Waals surface area contributed by atoms with Crippen LogP contribution in [0, 0.1) is 59.1 Å². The van der Waals surface area contributed by atoms with Gasteiger partial charge in [0, 0.05) is 46.9 Å². The van der Waals surface area contributed by atoms with Gasteiger partial charge in [-0.25, -0.2) is 4.39 Å². The summed E-state index contributed by atoms with van der Waals surface area (Å²) in [6.07, 6.45) is 6.19.